The van der Waals surface area contributed by atoms with Gasteiger partial charge in [0.05, 0.1) is 12.7 Å². The fourth-order valence-electron chi connectivity index (χ4n) is 1.07. The van der Waals surface area contributed by atoms with Crippen LogP contribution in [0.2, 0.25) is 0 Å². The highest BCUT2D eigenvalue weighted by Gasteiger charge is 2.20. The van der Waals surface area contributed by atoms with E-state index in [0.29, 0.717) is 6.10 Å². The Morgan fingerprint density at radius 3 is 2.73 bits per heavy atom. The van der Waals surface area contributed by atoms with Crippen LogP contribution >= 0.6 is 0 Å². The van der Waals surface area contributed by atoms with E-state index in [0.717, 1.165) is 6.61 Å². The standard InChI is InChI=1S/C10H18O/c1-2-3-4-5-6-7-8-10-9-11-10/h5-6,10H,2-4,7-9H2,1H3/b6-5-. The van der Waals surface area contributed by atoms with Gasteiger partial charge < -0.3 is 4.74 Å². The molecule has 64 valence electrons. The summed E-state index contributed by atoms with van der Waals surface area (Å²) < 4.78 is 5.10. The molecule has 1 heteroatoms. The lowest BCUT2D eigenvalue weighted by Crippen LogP contribution is -1.81. The Kier molecular flexibility index (Phi) is 4.29. The van der Waals surface area contributed by atoms with Crippen molar-refractivity contribution >= 4 is 0 Å². The van der Waals surface area contributed by atoms with Crippen molar-refractivity contribution in [3.05, 3.63) is 12.2 Å². The maximum absolute atomic E-state index is 5.10. The Bertz CT molecular complexity index is 114. The van der Waals surface area contributed by atoms with Crippen molar-refractivity contribution < 1.29 is 4.74 Å². The number of ether oxygens (including phenoxy) is 1. The van der Waals surface area contributed by atoms with Crippen molar-refractivity contribution in [3.63, 3.8) is 0 Å². The lowest BCUT2D eigenvalue weighted by Gasteiger charge is -1.89. The van der Waals surface area contributed by atoms with Gasteiger partial charge in [-0.2, -0.15) is 0 Å². The largest absolute Gasteiger partial charge is 0.373 e. The van der Waals surface area contributed by atoms with Crippen molar-refractivity contribution in [1.29, 1.82) is 0 Å². The molecule has 1 aliphatic heterocycles. The Balaban J connectivity index is 1.80. The van der Waals surface area contributed by atoms with E-state index in [2.05, 4.69) is 19.1 Å². The third-order valence-corrected chi connectivity index (χ3v) is 1.95. The third-order valence-electron chi connectivity index (χ3n) is 1.95. The van der Waals surface area contributed by atoms with Gasteiger partial charge in [-0.1, -0.05) is 31.9 Å². The summed E-state index contributed by atoms with van der Waals surface area (Å²) in [6.45, 7) is 3.23. The number of hydrogen-bond acceptors (Lipinski definition) is 1. The molecule has 0 aromatic rings. The van der Waals surface area contributed by atoms with E-state index >= 15 is 0 Å². The molecule has 11 heavy (non-hydrogen) atoms. The van der Waals surface area contributed by atoms with Gasteiger partial charge in [0.25, 0.3) is 0 Å². The van der Waals surface area contributed by atoms with Gasteiger partial charge in [0.2, 0.25) is 0 Å². The summed E-state index contributed by atoms with van der Waals surface area (Å²) in [5, 5.41) is 0. The molecule has 0 N–H and O–H groups in total. The van der Waals surface area contributed by atoms with Crippen LogP contribution in [0.25, 0.3) is 0 Å². The summed E-state index contributed by atoms with van der Waals surface area (Å²) in [6, 6.07) is 0. The minimum absolute atomic E-state index is 0.603. The van der Waals surface area contributed by atoms with E-state index in [-0.39, 0.29) is 0 Å². The molecular formula is C10H18O. The molecule has 1 unspecified atom stereocenters. The molecule has 0 aromatic heterocycles. The van der Waals surface area contributed by atoms with E-state index in [1.165, 1.54) is 32.1 Å². The van der Waals surface area contributed by atoms with E-state index in [1.807, 2.05) is 0 Å². The number of allylic oxidation sites excluding steroid dienone is 2. The SMILES string of the molecule is CCCC/C=C\CCC1CO1. The van der Waals surface area contributed by atoms with E-state index < -0.39 is 0 Å². The molecule has 0 bridgehead atoms. The normalized spacial score (nSPS) is 22.8. The molecular weight excluding hydrogens is 136 g/mol. The number of unbranched alkanes of at least 4 members (excludes halogenated alkanes) is 2. The minimum Gasteiger partial charge on any atom is -0.373 e. The van der Waals surface area contributed by atoms with Gasteiger partial charge in [0.15, 0.2) is 0 Å². The molecule has 1 atom stereocenters. The highest BCUT2D eigenvalue weighted by Crippen LogP contribution is 2.15. The Hall–Kier alpha value is -0.300. The van der Waals surface area contributed by atoms with Crippen LogP contribution in [0.15, 0.2) is 12.2 Å². The summed E-state index contributed by atoms with van der Waals surface area (Å²) in [7, 11) is 0. The first-order chi connectivity index (χ1) is 5.43. The molecule has 0 aromatic carbocycles. The summed E-state index contributed by atoms with van der Waals surface area (Å²) in [5.41, 5.74) is 0. The molecule has 1 heterocycles. The fraction of sp³-hybridized carbons (Fsp3) is 0.800. The molecule has 1 nitrogen and oxygen atoms in total. The lowest BCUT2D eigenvalue weighted by atomic mass is 10.2. The quantitative estimate of drug-likeness (QED) is 0.325. The van der Waals surface area contributed by atoms with Crippen LogP contribution in [0.5, 0.6) is 0 Å². The minimum atomic E-state index is 0.603. The second-order valence-electron chi connectivity index (χ2n) is 3.15. The zero-order chi connectivity index (χ0) is 7.94. The van der Waals surface area contributed by atoms with Crippen molar-refractivity contribution in [3.8, 4) is 0 Å². The van der Waals surface area contributed by atoms with Crippen molar-refractivity contribution in [2.24, 2.45) is 0 Å². The van der Waals surface area contributed by atoms with Crippen LogP contribution in [0.4, 0.5) is 0 Å². The zero-order valence-corrected chi connectivity index (χ0v) is 7.38. The van der Waals surface area contributed by atoms with Gasteiger partial charge in [-0.05, 0) is 19.3 Å². The van der Waals surface area contributed by atoms with Crippen LogP contribution in [0.3, 0.4) is 0 Å². The highest BCUT2D eigenvalue weighted by molar-refractivity contribution is 4.83. The van der Waals surface area contributed by atoms with Crippen LogP contribution in [-0.2, 0) is 4.74 Å². The van der Waals surface area contributed by atoms with Gasteiger partial charge in [-0.25, -0.2) is 0 Å². The number of rotatable bonds is 6. The molecule has 1 saturated heterocycles. The second kappa shape index (κ2) is 5.36. The average molecular weight is 154 g/mol. The van der Waals surface area contributed by atoms with Crippen molar-refractivity contribution in [2.75, 3.05) is 6.61 Å². The third kappa shape index (κ3) is 5.02. The monoisotopic (exact) mass is 154 g/mol. The topological polar surface area (TPSA) is 12.5 Å². The lowest BCUT2D eigenvalue weighted by molar-refractivity contribution is 0.398. The summed E-state index contributed by atoms with van der Waals surface area (Å²) >= 11 is 0. The Labute approximate surface area is 69.4 Å². The molecule has 0 radical (unpaired) electrons. The van der Waals surface area contributed by atoms with Crippen LogP contribution in [-0.4, -0.2) is 12.7 Å². The van der Waals surface area contributed by atoms with Gasteiger partial charge in [0, 0.05) is 0 Å². The predicted octanol–water partition coefficient (Wildman–Crippen LogP) is 2.91. The first kappa shape index (κ1) is 8.79. The predicted molar refractivity (Wildman–Crippen MR) is 47.6 cm³/mol. The van der Waals surface area contributed by atoms with E-state index in [9.17, 15) is 0 Å². The average Bonchev–Trinajstić information content (AvgIpc) is 2.80. The zero-order valence-electron chi connectivity index (χ0n) is 7.38. The second-order valence-corrected chi connectivity index (χ2v) is 3.15. The Morgan fingerprint density at radius 1 is 1.36 bits per heavy atom. The molecule has 0 saturated carbocycles. The van der Waals surface area contributed by atoms with E-state index in [1.54, 1.807) is 0 Å². The first-order valence-electron chi connectivity index (χ1n) is 4.70. The highest BCUT2D eigenvalue weighted by atomic mass is 16.6. The first-order valence-corrected chi connectivity index (χ1v) is 4.70. The van der Waals surface area contributed by atoms with Crippen LogP contribution < -0.4 is 0 Å². The Morgan fingerprint density at radius 2 is 2.09 bits per heavy atom. The van der Waals surface area contributed by atoms with Gasteiger partial charge in [0.1, 0.15) is 0 Å². The fourth-order valence-corrected chi connectivity index (χ4v) is 1.07. The summed E-state index contributed by atoms with van der Waals surface area (Å²) in [5.74, 6) is 0. The molecule has 0 spiro atoms. The van der Waals surface area contributed by atoms with Gasteiger partial charge >= 0.3 is 0 Å². The number of hydrogen-bond donors (Lipinski definition) is 0. The summed E-state index contributed by atoms with van der Waals surface area (Å²) in [4.78, 5) is 0. The van der Waals surface area contributed by atoms with E-state index in [4.69, 9.17) is 4.74 Å². The van der Waals surface area contributed by atoms with Crippen LogP contribution in [0.1, 0.15) is 39.0 Å². The molecule has 1 aliphatic rings. The van der Waals surface area contributed by atoms with Gasteiger partial charge in [-0.3, -0.25) is 0 Å². The van der Waals surface area contributed by atoms with Crippen molar-refractivity contribution in [2.45, 2.75) is 45.1 Å². The molecule has 0 aliphatic carbocycles. The van der Waals surface area contributed by atoms with Gasteiger partial charge in [-0.15, -0.1) is 0 Å². The number of epoxide rings is 1. The maximum atomic E-state index is 5.10. The molecule has 1 fully saturated rings. The smallest absolute Gasteiger partial charge is 0.0812 e. The van der Waals surface area contributed by atoms with Crippen molar-refractivity contribution in [1.82, 2.24) is 0 Å². The molecule has 0 amide bonds. The maximum Gasteiger partial charge on any atom is 0.0812 e. The summed E-state index contributed by atoms with van der Waals surface area (Å²) in [6.07, 6.45) is 11.5. The van der Waals surface area contributed by atoms with Crippen LogP contribution in [0, 0.1) is 0 Å². The molecule has 1 rings (SSSR count).